The van der Waals surface area contributed by atoms with Crippen LogP contribution >= 0.6 is 11.3 Å². The molecule has 24 heavy (non-hydrogen) atoms. The molecule has 0 saturated carbocycles. The van der Waals surface area contributed by atoms with Gasteiger partial charge in [0.1, 0.15) is 11.4 Å². The fourth-order valence-electron chi connectivity index (χ4n) is 2.90. The summed E-state index contributed by atoms with van der Waals surface area (Å²) in [6.07, 6.45) is 5.51. The summed E-state index contributed by atoms with van der Waals surface area (Å²) < 4.78 is 6.18. The quantitative estimate of drug-likeness (QED) is 0.670. The number of rotatable bonds is 1. The van der Waals surface area contributed by atoms with E-state index in [4.69, 9.17) is 16.1 Å². The van der Waals surface area contributed by atoms with Gasteiger partial charge in [-0.05, 0) is 45.9 Å². The van der Waals surface area contributed by atoms with Gasteiger partial charge in [0.25, 0.3) is 0 Å². The lowest BCUT2D eigenvalue weighted by Crippen LogP contribution is -2.29. The molecule has 0 atom stereocenters. The third kappa shape index (κ3) is 2.15. The number of ether oxygens (including phenoxy) is 1. The van der Waals surface area contributed by atoms with Crippen molar-refractivity contribution in [2.24, 2.45) is 0 Å². The molecule has 3 heterocycles. The number of benzene rings is 1. The van der Waals surface area contributed by atoms with Gasteiger partial charge in [-0.15, -0.1) is 17.8 Å². The Labute approximate surface area is 144 Å². The summed E-state index contributed by atoms with van der Waals surface area (Å²) in [4.78, 5) is 14.1. The van der Waals surface area contributed by atoms with Gasteiger partial charge in [-0.1, -0.05) is 5.92 Å². The molecule has 120 valence electrons. The lowest BCUT2D eigenvalue weighted by atomic mass is 9.94. The fraction of sp³-hybridized carbons (Fsp3) is 0.263. The molecule has 1 N–H and O–H groups in total. The number of fused-ring (bicyclic) bond motifs is 3. The van der Waals surface area contributed by atoms with Crippen molar-refractivity contribution in [2.75, 3.05) is 0 Å². The molecular weight excluding hydrogens is 318 g/mol. The number of aromatic amines is 1. The summed E-state index contributed by atoms with van der Waals surface area (Å²) in [5, 5.41) is 0.900. The van der Waals surface area contributed by atoms with E-state index in [1.807, 2.05) is 39.0 Å². The highest BCUT2D eigenvalue weighted by molar-refractivity contribution is 7.15. The van der Waals surface area contributed by atoms with Crippen molar-refractivity contribution in [3.05, 3.63) is 40.0 Å². The molecule has 4 nitrogen and oxygen atoms in total. The van der Waals surface area contributed by atoms with Crippen molar-refractivity contribution >= 4 is 11.3 Å². The van der Waals surface area contributed by atoms with Gasteiger partial charge in [-0.25, -0.2) is 9.97 Å². The number of hydrogen-bond acceptors (Lipinski definition) is 4. The minimum atomic E-state index is -0.512. The van der Waals surface area contributed by atoms with Crippen molar-refractivity contribution in [3.8, 4) is 40.2 Å². The number of aryl methyl sites for hydroxylation is 2. The van der Waals surface area contributed by atoms with Crippen LogP contribution in [0.25, 0.3) is 22.1 Å². The Hall–Kier alpha value is -2.58. The Morgan fingerprint density at radius 2 is 2.04 bits per heavy atom. The van der Waals surface area contributed by atoms with Crippen LogP contribution in [-0.4, -0.2) is 15.0 Å². The molecule has 5 heteroatoms. The topological polar surface area (TPSA) is 50.8 Å². The van der Waals surface area contributed by atoms with Gasteiger partial charge in [0.05, 0.1) is 17.1 Å². The Kier molecular flexibility index (Phi) is 3.09. The lowest BCUT2D eigenvalue weighted by Gasteiger charge is -2.31. The Balaban J connectivity index is 1.92. The first-order valence-corrected chi connectivity index (χ1v) is 8.55. The summed E-state index contributed by atoms with van der Waals surface area (Å²) in [6, 6.07) is 5.78. The third-order valence-corrected chi connectivity index (χ3v) is 5.39. The standard InChI is InChI=1S/C19H17N3OS/c1-6-12-7-8-13-14(9-12)23-19(4,5)16-15(13)21-17(22-16)18-20-10(2)11(3)24-18/h1,7-9H,2-5H3,(H,21,22). The summed E-state index contributed by atoms with van der Waals surface area (Å²) in [5.41, 5.74) is 4.15. The summed E-state index contributed by atoms with van der Waals surface area (Å²) in [5.74, 6) is 4.21. The largest absolute Gasteiger partial charge is 0.481 e. The van der Waals surface area contributed by atoms with Crippen molar-refractivity contribution in [2.45, 2.75) is 33.3 Å². The zero-order chi connectivity index (χ0) is 17.1. The minimum absolute atomic E-state index is 0.512. The molecule has 0 aliphatic carbocycles. The maximum Gasteiger partial charge on any atom is 0.167 e. The molecule has 1 aliphatic heterocycles. The number of imidazole rings is 1. The highest BCUT2D eigenvalue weighted by Gasteiger charge is 2.36. The molecule has 0 bridgehead atoms. The molecule has 0 amide bonds. The van der Waals surface area contributed by atoms with E-state index in [1.165, 1.54) is 4.88 Å². The molecule has 4 rings (SSSR count). The van der Waals surface area contributed by atoms with Crippen LogP contribution in [0.1, 0.15) is 35.7 Å². The number of nitrogens with zero attached hydrogens (tertiary/aromatic N) is 2. The molecule has 0 unspecified atom stereocenters. The first-order chi connectivity index (χ1) is 11.4. The van der Waals surface area contributed by atoms with Gasteiger partial charge < -0.3 is 9.72 Å². The predicted molar refractivity (Wildman–Crippen MR) is 96.2 cm³/mol. The number of aromatic nitrogens is 3. The van der Waals surface area contributed by atoms with E-state index >= 15 is 0 Å². The van der Waals surface area contributed by atoms with E-state index in [-0.39, 0.29) is 0 Å². The van der Waals surface area contributed by atoms with Gasteiger partial charge in [0.2, 0.25) is 0 Å². The van der Waals surface area contributed by atoms with Crippen molar-refractivity contribution in [1.29, 1.82) is 0 Å². The van der Waals surface area contributed by atoms with Crippen molar-refractivity contribution in [3.63, 3.8) is 0 Å². The van der Waals surface area contributed by atoms with Gasteiger partial charge in [0, 0.05) is 16.0 Å². The highest BCUT2D eigenvalue weighted by atomic mass is 32.1. The van der Waals surface area contributed by atoms with Gasteiger partial charge in [-0.2, -0.15) is 0 Å². The van der Waals surface area contributed by atoms with Crippen LogP contribution in [0.4, 0.5) is 0 Å². The number of thiazole rings is 1. The number of hydrogen-bond donors (Lipinski definition) is 1. The second-order valence-corrected chi connectivity index (χ2v) is 7.64. The number of H-pyrrole nitrogens is 1. The van der Waals surface area contributed by atoms with E-state index in [2.05, 4.69) is 22.8 Å². The Bertz CT molecular complexity index is 985. The molecular formula is C19H17N3OS. The maximum absolute atomic E-state index is 6.18. The van der Waals surface area contributed by atoms with Crippen molar-refractivity contribution < 1.29 is 4.74 Å². The Morgan fingerprint density at radius 3 is 2.71 bits per heavy atom. The molecule has 0 spiro atoms. The van der Waals surface area contributed by atoms with Crippen LogP contribution in [0.3, 0.4) is 0 Å². The molecule has 0 radical (unpaired) electrons. The minimum Gasteiger partial charge on any atom is -0.481 e. The van der Waals surface area contributed by atoms with E-state index in [0.29, 0.717) is 0 Å². The van der Waals surface area contributed by atoms with Crippen molar-refractivity contribution in [1.82, 2.24) is 15.0 Å². The van der Waals surface area contributed by atoms with E-state index in [1.54, 1.807) is 11.3 Å². The zero-order valence-electron chi connectivity index (χ0n) is 14.0. The van der Waals surface area contributed by atoms with Crippen LogP contribution < -0.4 is 4.74 Å². The average Bonchev–Trinajstić information content (AvgIpc) is 3.12. The van der Waals surface area contributed by atoms with Gasteiger partial charge in [0.15, 0.2) is 10.8 Å². The van der Waals surface area contributed by atoms with Crippen LogP contribution in [0.2, 0.25) is 0 Å². The van der Waals surface area contributed by atoms with Crippen LogP contribution in [0.15, 0.2) is 18.2 Å². The third-order valence-electron chi connectivity index (χ3n) is 4.31. The normalized spacial score (nSPS) is 14.5. The van der Waals surface area contributed by atoms with E-state index < -0.39 is 5.60 Å². The lowest BCUT2D eigenvalue weighted by molar-refractivity contribution is 0.101. The van der Waals surface area contributed by atoms with Gasteiger partial charge >= 0.3 is 0 Å². The zero-order valence-corrected chi connectivity index (χ0v) is 14.8. The van der Waals surface area contributed by atoms with Gasteiger partial charge in [-0.3, -0.25) is 0 Å². The summed E-state index contributed by atoms with van der Waals surface area (Å²) in [6.45, 7) is 8.14. The number of terminal acetylenes is 1. The van der Waals surface area contributed by atoms with Crippen LogP contribution in [0, 0.1) is 26.2 Å². The van der Waals surface area contributed by atoms with E-state index in [0.717, 1.165) is 44.8 Å². The highest BCUT2D eigenvalue weighted by Crippen LogP contribution is 2.45. The second-order valence-electron chi connectivity index (χ2n) is 6.44. The van der Waals surface area contributed by atoms with Crippen LogP contribution in [0.5, 0.6) is 5.75 Å². The smallest absolute Gasteiger partial charge is 0.167 e. The average molecular weight is 335 g/mol. The predicted octanol–water partition coefficient (Wildman–Crippen LogP) is 4.43. The molecule has 1 aliphatic rings. The summed E-state index contributed by atoms with van der Waals surface area (Å²) in [7, 11) is 0. The molecule has 0 saturated heterocycles. The molecule has 2 aromatic heterocycles. The fourth-order valence-corrected chi connectivity index (χ4v) is 3.76. The Morgan fingerprint density at radius 1 is 1.25 bits per heavy atom. The maximum atomic E-state index is 6.18. The first-order valence-electron chi connectivity index (χ1n) is 7.74. The molecule has 3 aromatic rings. The first kappa shape index (κ1) is 15.0. The van der Waals surface area contributed by atoms with Crippen LogP contribution in [-0.2, 0) is 5.60 Å². The second kappa shape index (κ2) is 4.96. The number of nitrogens with one attached hydrogen (secondary N) is 1. The summed E-state index contributed by atoms with van der Waals surface area (Å²) >= 11 is 1.65. The monoisotopic (exact) mass is 335 g/mol. The SMILES string of the molecule is C#Cc1ccc2c(c1)OC(C)(C)c1[nH]c(-c3nc(C)c(C)s3)nc1-2. The molecule has 0 fully saturated rings. The van der Waals surface area contributed by atoms with E-state index in [9.17, 15) is 0 Å². The molecule has 1 aromatic carbocycles.